The van der Waals surface area contributed by atoms with Gasteiger partial charge in [-0.05, 0) is 87.6 Å². The fourth-order valence-electron chi connectivity index (χ4n) is 6.65. The molecule has 0 aromatic heterocycles. The zero-order valence-electron chi connectivity index (χ0n) is 28.5. The van der Waals surface area contributed by atoms with E-state index in [0.717, 1.165) is 35.5 Å². The number of piperidine rings is 1. The fourth-order valence-corrected chi connectivity index (χ4v) is 8.21. The molecular weight excluding hydrogens is 630 g/mol. The second kappa shape index (κ2) is 15.7. The molecule has 3 aromatic carbocycles. The van der Waals surface area contributed by atoms with Crippen molar-refractivity contribution < 1.29 is 32.2 Å². The van der Waals surface area contributed by atoms with Crippen molar-refractivity contribution >= 4 is 21.6 Å². The van der Waals surface area contributed by atoms with Crippen molar-refractivity contribution in [3.8, 4) is 11.5 Å². The summed E-state index contributed by atoms with van der Waals surface area (Å²) < 4.78 is 52.6. The summed E-state index contributed by atoms with van der Waals surface area (Å²) in [6.45, 7) is 8.77. The maximum atomic E-state index is 14.6. The average Bonchev–Trinajstić information content (AvgIpc) is 3.07. The van der Waals surface area contributed by atoms with Gasteiger partial charge in [-0.1, -0.05) is 35.9 Å². The molecule has 1 N–H and O–H groups in total. The predicted molar refractivity (Wildman–Crippen MR) is 186 cm³/mol. The van der Waals surface area contributed by atoms with Crippen LogP contribution in [0.1, 0.15) is 61.2 Å². The van der Waals surface area contributed by atoms with Crippen LogP contribution in [0.25, 0.3) is 0 Å². The molecule has 10 nitrogen and oxygen atoms in total. The van der Waals surface area contributed by atoms with Gasteiger partial charge < -0.3 is 29.2 Å². The molecule has 4 atom stereocenters. The van der Waals surface area contributed by atoms with Gasteiger partial charge in [0.2, 0.25) is 15.9 Å². The lowest BCUT2D eigenvalue weighted by Gasteiger charge is -2.40. The number of methoxy groups -OCH3 is 2. The summed E-state index contributed by atoms with van der Waals surface area (Å²) in [6, 6.07) is 20.3. The number of isocyanates is 1. The standard InChI is InChI=1S/C37H47N3O7S/c1-26-7-14-31(15-8-26)48(42,43)36(28-11-16-34-33(21-28)40(18-20-46-34)17-6-19-44-4)47-35-24-38-29(23-37(2,3)39-25-41)22-32(35)27-9-12-30(45-5)13-10-27/h7-16,21,29,32,35-36,38H,6,17-20,22-24H2,1-5H3/t29-,32+,35-,36?/m0/s1. The van der Waals surface area contributed by atoms with Gasteiger partial charge in [0.05, 0.1) is 35.9 Å². The molecular formula is C37H47N3O7S. The number of carbonyl (C=O) groups excluding carboxylic acids is 1. The summed E-state index contributed by atoms with van der Waals surface area (Å²) in [5, 5.41) is 3.57. The molecule has 0 radical (unpaired) electrons. The lowest BCUT2D eigenvalue weighted by molar-refractivity contribution is -0.00778. The third-order valence-corrected chi connectivity index (χ3v) is 11.0. The van der Waals surface area contributed by atoms with Gasteiger partial charge in [-0.3, -0.25) is 0 Å². The first kappa shape index (κ1) is 35.6. The Morgan fingerprint density at radius 3 is 2.52 bits per heavy atom. The average molecular weight is 678 g/mol. The minimum absolute atomic E-state index is 0.0118. The third kappa shape index (κ3) is 8.46. The van der Waals surface area contributed by atoms with E-state index in [0.29, 0.717) is 50.5 Å². The third-order valence-electron chi connectivity index (χ3n) is 9.15. The Morgan fingerprint density at radius 2 is 1.83 bits per heavy atom. The smallest absolute Gasteiger partial charge is 0.235 e. The van der Waals surface area contributed by atoms with Crippen LogP contribution >= 0.6 is 0 Å². The van der Waals surface area contributed by atoms with Crippen LogP contribution in [0.2, 0.25) is 0 Å². The van der Waals surface area contributed by atoms with E-state index in [9.17, 15) is 13.2 Å². The number of nitrogens with one attached hydrogen (secondary N) is 1. The molecule has 2 heterocycles. The largest absolute Gasteiger partial charge is 0.497 e. The lowest BCUT2D eigenvalue weighted by atomic mass is 9.80. The zero-order chi connectivity index (χ0) is 34.3. The van der Waals surface area contributed by atoms with Gasteiger partial charge in [-0.2, -0.15) is 4.99 Å². The fraction of sp³-hybridized carbons (Fsp3) is 0.486. The Hall–Kier alpha value is -3.73. The van der Waals surface area contributed by atoms with Crippen molar-refractivity contribution in [3.63, 3.8) is 0 Å². The van der Waals surface area contributed by atoms with Crippen LogP contribution in [-0.4, -0.2) is 79.3 Å². The molecule has 0 saturated carbocycles. The van der Waals surface area contributed by atoms with Crippen LogP contribution in [0.15, 0.2) is 76.6 Å². The summed E-state index contributed by atoms with van der Waals surface area (Å²) in [4.78, 5) is 17.5. The van der Waals surface area contributed by atoms with Gasteiger partial charge in [0, 0.05) is 38.8 Å². The summed E-state index contributed by atoms with van der Waals surface area (Å²) in [6.07, 6.45) is 3.29. The molecule has 1 fully saturated rings. The van der Waals surface area contributed by atoms with E-state index in [2.05, 4.69) is 15.2 Å². The van der Waals surface area contributed by atoms with E-state index in [1.807, 2.05) is 57.2 Å². The highest BCUT2D eigenvalue weighted by atomic mass is 32.2. The van der Waals surface area contributed by atoms with Crippen LogP contribution in [0.4, 0.5) is 5.69 Å². The maximum absolute atomic E-state index is 14.6. The lowest BCUT2D eigenvalue weighted by Crippen LogP contribution is -2.49. The molecule has 5 rings (SSSR count). The summed E-state index contributed by atoms with van der Waals surface area (Å²) >= 11 is 0. The first-order valence-corrected chi connectivity index (χ1v) is 18.0. The molecule has 0 spiro atoms. The Balaban J connectivity index is 1.54. The summed E-state index contributed by atoms with van der Waals surface area (Å²) in [7, 11) is -0.698. The van der Waals surface area contributed by atoms with Crippen LogP contribution in [0.5, 0.6) is 11.5 Å². The minimum Gasteiger partial charge on any atom is -0.497 e. The topological polar surface area (TPSA) is 116 Å². The number of hydrogen-bond acceptors (Lipinski definition) is 10. The zero-order valence-corrected chi connectivity index (χ0v) is 29.3. The molecule has 2 aliphatic rings. The van der Waals surface area contributed by atoms with Crippen molar-refractivity contribution in [2.45, 2.75) is 74.0 Å². The Labute approximate surface area is 284 Å². The highest BCUT2D eigenvalue weighted by Crippen LogP contribution is 2.42. The van der Waals surface area contributed by atoms with E-state index in [-0.39, 0.29) is 16.9 Å². The second-order valence-electron chi connectivity index (χ2n) is 13.2. The van der Waals surface area contributed by atoms with Gasteiger partial charge >= 0.3 is 0 Å². The van der Waals surface area contributed by atoms with E-state index in [1.165, 1.54) is 0 Å². The maximum Gasteiger partial charge on any atom is 0.235 e. The molecule has 3 aromatic rings. The number of aryl methyl sites for hydroxylation is 1. The van der Waals surface area contributed by atoms with Crippen molar-refractivity contribution in [2.75, 3.05) is 52.0 Å². The number of fused-ring (bicyclic) bond motifs is 1. The van der Waals surface area contributed by atoms with E-state index in [4.69, 9.17) is 18.9 Å². The van der Waals surface area contributed by atoms with Gasteiger partial charge in [0.25, 0.3) is 0 Å². The molecule has 0 aliphatic carbocycles. The van der Waals surface area contributed by atoms with E-state index < -0.39 is 26.9 Å². The number of nitrogens with zero attached hydrogens (tertiary/aromatic N) is 2. The number of benzene rings is 3. The number of rotatable bonds is 14. The van der Waals surface area contributed by atoms with Crippen molar-refractivity contribution in [1.29, 1.82) is 0 Å². The molecule has 0 bridgehead atoms. The molecule has 1 unspecified atom stereocenters. The Morgan fingerprint density at radius 1 is 1.08 bits per heavy atom. The SMILES string of the molecule is COCCCN1CCOc2ccc(C(O[C@H]3CN[C@H](CC(C)(C)N=C=O)C[C@@H]3c3ccc(OC)cc3)S(=O)(=O)c3ccc(C)cc3)cc21. The van der Waals surface area contributed by atoms with Crippen molar-refractivity contribution in [2.24, 2.45) is 4.99 Å². The van der Waals surface area contributed by atoms with E-state index >= 15 is 0 Å². The summed E-state index contributed by atoms with van der Waals surface area (Å²) in [5.74, 6) is 1.29. The number of ether oxygens (including phenoxy) is 4. The van der Waals surface area contributed by atoms with Gasteiger partial charge in [0.15, 0.2) is 5.44 Å². The van der Waals surface area contributed by atoms with Crippen LogP contribution in [0, 0.1) is 6.92 Å². The van der Waals surface area contributed by atoms with Crippen LogP contribution in [-0.2, 0) is 24.1 Å². The van der Waals surface area contributed by atoms with Gasteiger partial charge in [0.1, 0.15) is 18.1 Å². The first-order valence-electron chi connectivity index (χ1n) is 16.5. The molecule has 48 heavy (non-hydrogen) atoms. The van der Waals surface area contributed by atoms with Crippen LogP contribution < -0.4 is 19.7 Å². The molecule has 2 aliphatic heterocycles. The second-order valence-corrected chi connectivity index (χ2v) is 15.2. The molecule has 0 amide bonds. The minimum atomic E-state index is -4.01. The van der Waals surface area contributed by atoms with Gasteiger partial charge in [-0.15, -0.1) is 0 Å². The number of hydrogen-bond donors (Lipinski definition) is 1. The quantitative estimate of drug-likeness (QED) is 0.129. The number of aliphatic imine (C=N–C) groups is 1. The van der Waals surface area contributed by atoms with Gasteiger partial charge in [-0.25, -0.2) is 13.2 Å². The molecule has 11 heteroatoms. The normalized spacial score (nSPS) is 20.3. The van der Waals surface area contributed by atoms with Crippen molar-refractivity contribution in [1.82, 2.24) is 5.32 Å². The monoisotopic (exact) mass is 677 g/mol. The highest BCUT2D eigenvalue weighted by Gasteiger charge is 2.40. The number of anilines is 1. The highest BCUT2D eigenvalue weighted by molar-refractivity contribution is 7.91. The molecule has 258 valence electrons. The van der Waals surface area contributed by atoms with E-state index in [1.54, 1.807) is 50.6 Å². The first-order chi connectivity index (χ1) is 23.0. The number of sulfone groups is 1. The predicted octanol–water partition coefficient (Wildman–Crippen LogP) is 5.75. The molecule has 1 saturated heterocycles. The van der Waals surface area contributed by atoms with Crippen LogP contribution in [0.3, 0.4) is 0 Å². The van der Waals surface area contributed by atoms with Crippen molar-refractivity contribution in [3.05, 3.63) is 83.4 Å². The summed E-state index contributed by atoms with van der Waals surface area (Å²) in [5.41, 5.74) is 1.47. The Bertz CT molecular complexity index is 1670. The Kier molecular flexibility index (Phi) is 11.6.